The van der Waals surface area contributed by atoms with E-state index in [2.05, 4.69) is 18.4 Å². The first-order valence-electron chi connectivity index (χ1n) is 6.05. The molecule has 16 heavy (non-hydrogen) atoms. The van der Waals surface area contributed by atoms with Crippen LogP contribution in [0, 0.1) is 0 Å². The third-order valence-electron chi connectivity index (χ3n) is 3.71. The summed E-state index contributed by atoms with van der Waals surface area (Å²) in [6.45, 7) is 0. The zero-order valence-corrected chi connectivity index (χ0v) is 10.7. The smallest absolute Gasteiger partial charge is 0.115 e. The standard InChI is InChI=1S/C14H20OS/c1-16-11-14(9-3-2-4-10-14)12-5-7-13(15)8-6-12/h5-8,15H,2-4,9-11H2,1H3. The highest BCUT2D eigenvalue weighted by Gasteiger charge is 2.33. The Morgan fingerprint density at radius 2 is 1.75 bits per heavy atom. The van der Waals surface area contributed by atoms with E-state index in [-0.39, 0.29) is 0 Å². The molecule has 0 unspecified atom stereocenters. The van der Waals surface area contributed by atoms with Crippen LogP contribution in [-0.2, 0) is 5.41 Å². The van der Waals surface area contributed by atoms with Crippen molar-refractivity contribution in [2.24, 2.45) is 0 Å². The molecule has 0 radical (unpaired) electrons. The van der Waals surface area contributed by atoms with Gasteiger partial charge in [0.2, 0.25) is 0 Å². The molecule has 0 heterocycles. The third kappa shape index (κ3) is 2.37. The lowest BCUT2D eigenvalue weighted by atomic mass is 9.71. The number of aromatic hydroxyl groups is 1. The lowest BCUT2D eigenvalue weighted by molar-refractivity contribution is 0.325. The number of phenols is 1. The second-order valence-corrected chi connectivity index (χ2v) is 5.69. The van der Waals surface area contributed by atoms with E-state index in [0.717, 1.165) is 0 Å². The lowest BCUT2D eigenvalue weighted by Crippen LogP contribution is -2.31. The number of hydrogen-bond acceptors (Lipinski definition) is 2. The van der Waals surface area contributed by atoms with Gasteiger partial charge in [0.15, 0.2) is 0 Å². The van der Waals surface area contributed by atoms with Gasteiger partial charge in [-0.25, -0.2) is 0 Å². The van der Waals surface area contributed by atoms with Crippen molar-refractivity contribution in [1.29, 1.82) is 0 Å². The van der Waals surface area contributed by atoms with Crippen molar-refractivity contribution in [2.75, 3.05) is 12.0 Å². The van der Waals surface area contributed by atoms with Gasteiger partial charge in [0.05, 0.1) is 0 Å². The highest BCUT2D eigenvalue weighted by Crippen LogP contribution is 2.41. The summed E-state index contributed by atoms with van der Waals surface area (Å²) in [6, 6.07) is 7.87. The molecule has 0 aliphatic heterocycles. The maximum atomic E-state index is 9.36. The molecule has 0 amide bonds. The van der Waals surface area contributed by atoms with Crippen LogP contribution >= 0.6 is 11.8 Å². The van der Waals surface area contributed by atoms with Crippen LogP contribution in [0.25, 0.3) is 0 Å². The summed E-state index contributed by atoms with van der Waals surface area (Å²) in [6.07, 6.45) is 8.88. The normalized spacial score (nSPS) is 19.6. The highest BCUT2D eigenvalue weighted by atomic mass is 32.2. The minimum Gasteiger partial charge on any atom is -0.508 e. The van der Waals surface area contributed by atoms with Gasteiger partial charge >= 0.3 is 0 Å². The van der Waals surface area contributed by atoms with E-state index in [0.29, 0.717) is 11.2 Å². The largest absolute Gasteiger partial charge is 0.508 e. The maximum Gasteiger partial charge on any atom is 0.115 e. The van der Waals surface area contributed by atoms with Gasteiger partial charge in [0, 0.05) is 11.2 Å². The van der Waals surface area contributed by atoms with Gasteiger partial charge in [-0.05, 0) is 36.8 Å². The fourth-order valence-electron chi connectivity index (χ4n) is 2.84. The fourth-order valence-corrected chi connectivity index (χ4v) is 3.84. The summed E-state index contributed by atoms with van der Waals surface area (Å²) in [4.78, 5) is 0. The molecule has 1 aliphatic carbocycles. The van der Waals surface area contributed by atoms with Gasteiger partial charge in [0.25, 0.3) is 0 Å². The van der Waals surface area contributed by atoms with E-state index in [1.807, 2.05) is 23.9 Å². The number of rotatable bonds is 3. The molecule has 1 aliphatic rings. The van der Waals surface area contributed by atoms with Gasteiger partial charge in [-0.1, -0.05) is 31.4 Å². The van der Waals surface area contributed by atoms with Gasteiger partial charge in [0.1, 0.15) is 5.75 Å². The SMILES string of the molecule is CSCC1(c2ccc(O)cc2)CCCCC1. The second-order valence-electron chi connectivity index (χ2n) is 4.82. The Morgan fingerprint density at radius 1 is 1.12 bits per heavy atom. The van der Waals surface area contributed by atoms with E-state index in [9.17, 15) is 5.11 Å². The molecule has 1 N–H and O–H groups in total. The average molecular weight is 236 g/mol. The van der Waals surface area contributed by atoms with Gasteiger partial charge in [-0.3, -0.25) is 0 Å². The molecule has 0 aromatic heterocycles. The summed E-state index contributed by atoms with van der Waals surface area (Å²) in [5.41, 5.74) is 1.78. The molecule has 1 nitrogen and oxygen atoms in total. The molecule has 0 bridgehead atoms. The predicted octanol–water partition coefficient (Wildman–Crippen LogP) is 3.96. The van der Waals surface area contributed by atoms with Crippen molar-refractivity contribution in [1.82, 2.24) is 0 Å². The van der Waals surface area contributed by atoms with Crippen LogP contribution in [0.15, 0.2) is 24.3 Å². The number of thioether (sulfide) groups is 1. The second kappa shape index (κ2) is 5.13. The molecule has 0 saturated heterocycles. The van der Waals surface area contributed by atoms with Crippen LogP contribution in [0.3, 0.4) is 0 Å². The van der Waals surface area contributed by atoms with Crippen molar-refractivity contribution in [2.45, 2.75) is 37.5 Å². The van der Waals surface area contributed by atoms with Crippen LogP contribution in [0.2, 0.25) is 0 Å². The van der Waals surface area contributed by atoms with E-state index in [1.54, 1.807) is 0 Å². The van der Waals surface area contributed by atoms with Crippen LogP contribution in [0.1, 0.15) is 37.7 Å². The zero-order valence-electron chi connectivity index (χ0n) is 9.91. The molecule has 88 valence electrons. The first-order valence-corrected chi connectivity index (χ1v) is 7.45. The summed E-state index contributed by atoms with van der Waals surface area (Å²) in [5.74, 6) is 1.58. The molecule has 2 rings (SSSR count). The summed E-state index contributed by atoms with van der Waals surface area (Å²) >= 11 is 1.94. The average Bonchev–Trinajstić information content (AvgIpc) is 2.31. The Balaban J connectivity index is 2.26. The van der Waals surface area contributed by atoms with Gasteiger partial charge in [-0.2, -0.15) is 11.8 Å². The Bertz CT molecular complexity index is 320. The molecule has 2 heteroatoms. The first kappa shape index (κ1) is 11.8. The Kier molecular flexibility index (Phi) is 3.80. The summed E-state index contributed by atoms with van der Waals surface area (Å²) < 4.78 is 0. The minimum atomic E-state index is 0.366. The van der Waals surface area contributed by atoms with Crippen molar-refractivity contribution in [3.63, 3.8) is 0 Å². The Hall–Kier alpha value is -0.630. The molecule has 1 saturated carbocycles. The zero-order chi connectivity index (χ0) is 11.4. The predicted molar refractivity (Wildman–Crippen MR) is 71.3 cm³/mol. The molecule has 0 atom stereocenters. The molecular weight excluding hydrogens is 216 g/mol. The van der Waals surface area contributed by atoms with Crippen LogP contribution in [0.5, 0.6) is 5.75 Å². The maximum absolute atomic E-state index is 9.36. The quantitative estimate of drug-likeness (QED) is 0.857. The Labute approximate surface area is 102 Å². The third-order valence-corrected chi connectivity index (χ3v) is 4.55. The van der Waals surface area contributed by atoms with Crippen molar-refractivity contribution in [3.8, 4) is 5.75 Å². The lowest BCUT2D eigenvalue weighted by Gasteiger charge is -2.37. The number of hydrogen-bond donors (Lipinski definition) is 1. The summed E-state index contributed by atoms with van der Waals surface area (Å²) in [5, 5.41) is 9.36. The van der Waals surface area contributed by atoms with Gasteiger partial charge < -0.3 is 5.11 Å². The van der Waals surface area contributed by atoms with Crippen molar-refractivity contribution < 1.29 is 5.11 Å². The van der Waals surface area contributed by atoms with E-state index < -0.39 is 0 Å². The first-order chi connectivity index (χ1) is 7.77. The number of benzene rings is 1. The molecule has 1 aromatic carbocycles. The summed E-state index contributed by atoms with van der Waals surface area (Å²) in [7, 11) is 0. The molecule has 0 spiro atoms. The van der Waals surface area contributed by atoms with E-state index >= 15 is 0 Å². The minimum absolute atomic E-state index is 0.366. The van der Waals surface area contributed by atoms with E-state index in [1.165, 1.54) is 43.4 Å². The monoisotopic (exact) mass is 236 g/mol. The van der Waals surface area contributed by atoms with Crippen LogP contribution in [-0.4, -0.2) is 17.1 Å². The molecule has 1 fully saturated rings. The number of phenolic OH excluding ortho intramolecular Hbond substituents is 1. The van der Waals surface area contributed by atoms with Gasteiger partial charge in [-0.15, -0.1) is 0 Å². The fraction of sp³-hybridized carbons (Fsp3) is 0.571. The molecular formula is C14H20OS. The van der Waals surface area contributed by atoms with Crippen molar-refractivity contribution in [3.05, 3.63) is 29.8 Å². The van der Waals surface area contributed by atoms with Crippen LogP contribution < -0.4 is 0 Å². The van der Waals surface area contributed by atoms with Crippen LogP contribution in [0.4, 0.5) is 0 Å². The topological polar surface area (TPSA) is 20.2 Å². The molecule has 1 aromatic rings. The Morgan fingerprint density at radius 3 is 2.31 bits per heavy atom. The van der Waals surface area contributed by atoms with Crippen molar-refractivity contribution >= 4 is 11.8 Å². The highest BCUT2D eigenvalue weighted by molar-refractivity contribution is 7.98. The van der Waals surface area contributed by atoms with E-state index in [4.69, 9.17) is 0 Å².